The molecule has 23 heavy (non-hydrogen) atoms. The zero-order valence-corrected chi connectivity index (χ0v) is 13.6. The summed E-state index contributed by atoms with van der Waals surface area (Å²) in [5.41, 5.74) is 1.13. The van der Waals surface area contributed by atoms with Gasteiger partial charge in [0.1, 0.15) is 5.82 Å². The lowest BCUT2D eigenvalue weighted by atomic mass is 10.1. The predicted molar refractivity (Wildman–Crippen MR) is 86.4 cm³/mol. The Hall–Kier alpha value is -1.95. The lowest BCUT2D eigenvalue weighted by Crippen LogP contribution is -2.49. The van der Waals surface area contributed by atoms with E-state index < -0.39 is 0 Å². The zero-order valence-electron chi connectivity index (χ0n) is 13.6. The molecule has 1 heterocycles. The number of amides is 2. The first-order valence-electron chi connectivity index (χ1n) is 8.03. The van der Waals surface area contributed by atoms with E-state index >= 15 is 0 Å². The van der Waals surface area contributed by atoms with Crippen LogP contribution in [0.15, 0.2) is 24.3 Å². The van der Waals surface area contributed by atoms with Gasteiger partial charge in [0.15, 0.2) is 0 Å². The summed E-state index contributed by atoms with van der Waals surface area (Å²) in [5, 5.41) is 2.64. The van der Waals surface area contributed by atoms with Crippen molar-refractivity contribution in [3.63, 3.8) is 0 Å². The Bertz CT molecular complexity index is 525. The van der Waals surface area contributed by atoms with Gasteiger partial charge in [-0.05, 0) is 24.1 Å². The third-order valence-electron chi connectivity index (χ3n) is 4.07. The van der Waals surface area contributed by atoms with Gasteiger partial charge < -0.3 is 10.2 Å². The summed E-state index contributed by atoms with van der Waals surface area (Å²) in [6, 6.07) is 6.61. The highest BCUT2D eigenvalue weighted by Gasteiger charge is 2.20. The maximum atomic E-state index is 12.9. The highest BCUT2D eigenvalue weighted by molar-refractivity contribution is 5.78. The molecule has 0 saturated carbocycles. The molecule has 0 aliphatic carbocycles. The number of benzene rings is 1. The molecule has 1 saturated heterocycles. The number of rotatable bonds is 6. The Balaban J connectivity index is 1.66. The van der Waals surface area contributed by atoms with Crippen LogP contribution in [0.4, 0.5) is 4.39 Å². The number of nitrogens with one attached hydrogen (secondary N) is 1. The van der Waals surface area contributed by atoms with Gasteiger partial charge in [0.25, 0.3) is 0 Å². The minimum absolute atomic E-state index is 0.0944. The van der Waals surface area contributed by atoms with E-state index in [9.17, 15) is 14.0 Å². The fraction of sp³-hybridized carbons (Fsp3) is 0.529. The van der Waals surface area contributed by atoms with Crippen LogP contribution in [0.2, 0.25) is 0 Å². The van der Waals surface area contributed by atoms with Crippen LogP contribution in [-0.4, -0.2) is 60.9 Å². The summed E-state index contributed by atoms with van der Waals surface area (Å²) in [6.07, 6.45) is 1.24. The van der Waals surface area contributed by atoms with Gasteiger partial charge in [0, 0.05) is 52.6 Å². The molecule has 0 unspecified atom stereocenters. The van der Waals surface area contributed by atoms with E-state index in [1.54, 1.807) is 0 Å². The van der Waals surface area contributed by atoms with Crippen LogP contribution < -0.4 is 5.32 Å². The lowest BCUT2D eigenvalue weighted by molar-refractivity contribution is -0.132. The van der Waals surface area contributed by atoms with E-state index in [0.29, 0.717) is 13.0 Å². The van der Waals surface area contributed by atoms with Crippen molar-refractivity contribution in [2.45, 2.75) is 19.8 Å². The molecule has 1 aromatic rings. The Morgan fingerprint density at radius 2 is 1.78 bits per heavy atom. The van der Waals surface area contributed by atoms with Crippen molar-refractivity contribution in [1.82, 2.24) is 15.1 Å². The van der Waals surface area contributed by atoms with E-state index in [1.807, 2.05) is 17.0 Å². The molecule has 0 radical (unpaired) electrons. The Morgan fingerprint density at radius 3 is 2.39 bits per heavy atom. The molecule has 0 bridgehead atoms. The molecule has 2 amide bonds. The van der Waals surface area contributed by atoms with Crippen LogP contribution in [0, 0.1) is 5.82 Å². The van der Waals surface area contributed by atoms with E-state index in [2.05, 4.69) is 10.2 Å². The van der Waals surface area contributed by atoms with Crippen molar-refractivity contribution < 1.29 is 14.0 Å². The standard InChI is InChI=1S/C17H24FN3O2/c1-14(22)19-8-6-17(23)21-12-10-20(11-13-21)9-7-15-2-4-16(18)5-3-15/h2-5H,6-13H2,1H3,(H,19,22). The summed E-state index contributed by atoms with van der Waals surface area (Å²) >= 11 is 0. The highest BCUT2D eigenvalue weighted by atomic mass is 19.1. The average molecular weight is 321 g/mol. The molecule has 0 atom stereocenters. The van der Waals surface area contributed by atoms with Gasteiger partial charge >= 0.3 is 0 Å². The fourth-order valence-corrected chi connectivity index (χ4v) is 2.66. The SMILES string of the molecule is CC(=O)NCCC(=O)N1CCN(CCc2ccc(F)cc2)CC1. The van der Waals surface area contributed by atoms with E-state index in [1.165, 1.54) is 19.1 Å². The third-order valence-corrected chi connectivity index (χ3v) is 4.07. The average Bonchev–Trinajstić information content (AvgIpc) is 2.54. The van der Waals surface area contributed by atoms with Gasteiger partial charge in [-0.1, -0.05) is 12.1 Å². The molecule has 5 nitrogen and oxygen atoms in total. The van der Waals surface area contributed by atoms with Gasteiger partial charge in [0.2, 0.25) is 11.8 Å². The number of hydrogen-bond donors (Lipinski definition) is 1. The number of carbonyl (C=O) groups excluding carboxylic acids is 2. The van der Waals surface area contributed by atoms with Crippen LogP contribution in [0.25, 0.3) is 0 Å². The first kappa shape index (κ1) is 17.4. The first-order valence-corrected chi connectivity index (χ1v) is 8.03. The number of carbonyl (C=O) groups is 2. The molecule has 126 valence electrons. The quantitative estimate of drug-likeness (QED) is 0.852. The van der Waals surface area contributed by atoms with Crippen molar-refractivity contribution in [3.8, 4) is 0 Å². The third kappa shape index (κ3) is 5.98. The fourth-order valence-electron chi connectivity index (χ4n) is 2.66. The molecule has 0 spiro atoms. The molecule has 1 fully saturated rings. The predicted octanol–water partition coefficient (Wildman–Crippen LogP) is 1.04. The molecule has 2 rings (SSSR count). The number of halogens is 1. The molecule has 1 aliphatic heterocycles. The maximum absolute atomic E-state index is 12.9. The van der Waals surface area contributed by atoms with Gasteiger partial charge in [-0.2, -0.15) is 0 Å². The van der Waals surface area contributed by atoms with Crippen molar-refractivity contribution in [3.05, 3.63) is 35.6 Å². The minimum atomic E-state index is -0.208. The minimum Gasteiger partial charge on any atom is -0.356 e. The van der Waals surface area contributed by atoms with E-state index in [4.69, 9.17) is 0 Å². The molecule has 0 aromatic heterocycles. The van der Waals surface area contributed by atoms with E-state index in [-0.39, 0.29) is 17.6 Å². The smallest absolute Gasteiger partial charge is 0.224 e. The second kappa shape index (κ2) is 8.62. The highest BCUT2D eigenvalue weighted by Crippen LogP contribution is 2.07. The Morgan fingerprint density at radius 1 is 1.13 bits per heavy atom. The van der Waals surface area contributed by atoms with Crippen LogP contribution in [-0.2, 0) is 16.0 Å². The van der Waals surface area contributed by atoms with Crippen LogP contribution >= 0.6 is 0 Å². The summed E-state index contributed by atoms with van der Waals surface area (Å²) in [7, 11) is 0. The largest absolute Gasteiger partial charge is 0.356 e. The zero-order chi connectivity index (χ0) is 16.7. The number of piperazine rings is 1. The Kier molecular flexibility index (Phi) is 6.52. The molecule has 1 N–H and O–H groups in total. The molecule has 1 aromatic carbocycles. The van der Waals surface area contributed by atoms with E-state index in [0.717, 1.165) is 44.7 Å². The topological polar surface area (TPSA) is 52.7 Å². The van der Waals surface area contributed by atoms with Crippen LogP contribution in [0.5, 0.6) is 0 Å². The number of hydrogen-bond acceptors (Lipinski definition) is 3. The maximum Gasteiger partial charge on any atom is 0.224 e. The van der Waals surface area contributed by atoms with Gasteiger partial charge in [-0.25, -0.2) is 4.39 Å². The van der Waals surface area contributed by atoms with Crippen LogP contribution in [0.3, 0.4) is 0 Å². The Labute approximate surface area is 136 Å². The van der Waals surface area contributed by atoms with Crippen molar-refractivity contribution in [2.75, 3.05) is 39.3 Å². The summed E-state index contributed by atoms with van der Waals surface area (Å²) < 4.78 is 12.9. The monoisotopic (exact) mass is 321 g/mol. The van der Waals surface area contributed by atoms with Gasteiger partial charge in [-0.15, -0.1) is 0 Å². The first-order chi connectivity index (χ1) is 11.0. The molecule has 1 aliphatic rings. The molecule has 6 heteroatoms. The van der Waals surface area contributed by atoms with Crippen molar-refractivity contribution in [2.24, 2.45) is 0 Å². The second-order valence-electron chi connectivity index (χ2n) is 5.83. The summed E-state index contributed by atoms with van der Waals surface area (Å²) in [4.78, 5) is 27.0. The summed E-state index contributed by atoms with van der Waals surface area (Å²) in [6.45, 7) is 5.92. The second-order valence-corrected chi connectivity index (χ2v) is 5.83. The van der Waals surface area contributed by atoms with Crippen molar-refractivity contribution >= 4 is 11.8 Å². The van der Waals surface area contributed by atoms with Crippen molar-refractivity contribution in [1.29, 1.82) is 0 Å². The van der Waals surface area contributed by atoms with Crippen LogP contribution in [0.1, 0.15) is 18.9 Å². The number of nitrogens with zero attached hydrogens (tertiary/aromatic N) is 2. The molecular formula is C17H24FN3O2. The van der Waals surface area contributed by atoms with Gasteiger partial charge in [-0.3, -0.25) is 14.5 Å². The van der Waals surface area contributed by atoms with Gasteiger partial charge in [0.05, 0.1) is 0 Å². The summed E-state index contributed by atoms with van der Waals surface area (Å²) in [5.74, 6) is -0.222. The lowest BCUT2D eigenvalue weighted by Gasteiger charge is -2.34. The normalized spacial score (nSPS) is 15.5. The molecular weight excluding hydrogens is 297 g/mol.